The number of rotatable bonds is 5. The van der Waals surface area contributed by atoms with E-state index in [4.69, 9.17) is 0 Å². The summed E-state index contributed by atoms with van der Waals surface area (Å²) >= 11 is 0. The maximum Gasteiger partial charge on any atom is 0.322 e. The standard InChI is InChI=1S/C16H24N2O2/c1-3-12-5-7-13(8-6-12)14(4-2)18-10-9-17-11-15(18)16(19)20/h5-8,14-15,17H,3-4,9-11H2,1-2H3,(H,19,20). The van der Waals surface area contributed by atoms with Gasteiger partial charge < -0.3 is 10.4 Å². The molecule has 2 N–H and O–H groups in total. The molecule has 2 unspecified atom stereocenters. The first-order valence-corrected chi connectivity index (χ1v) is 7.45. The van der Waals surface area contributed by atoms with Crippen LogP contribution in [0.1, 0.15) is 37.4 Å². The second kappa shape index (κ2) is 6.86. The van der Waals surface area contributed by atoms with Gasteiger partial charge in [0.15, 0.2) is 0 Å². The van der Waals surface area contributed by atoms with Crippen LogP contribution in [-0.4, -0.2) is 41.7 Å². The lowest BCUT2D eigenvalue weighted by Crippen LogP contribution is -2.55. The number of hydrogen-bond donors (Lipinski definition) is 2. The Balaban J connectivity index is 2.22. The van der Waals surface area contributed by atoms with Gasteiger partial charge in [-0.05, 0) is 24.0 Å². The third-order valence-electron chi connectivity index (χ3n) is 4.13. The molecule has 4 heteroatoms. The average Bonchev–Trinajstić information content (AvgIpc) is 2.49. The lowest BCUT2D eigenvalue weighted by atomic mass is 9.98. The van der Waals surface area contributed by atoms with E-state index >= 15 is 0 Å². The van der Waals surface area contributed by atoms with E-state index < -0.39 is 12.0 Å². The van der Waals surface area contributed by atoms with Crippen LogP contribution in [0.25, 0.3) is 0 Å². The van der Waals surface area contributed by atoms with Crippen molar-refractivity contribution in [3.63, 3.8) is 0 Å². The molecule has 1 fully saturated rings. The van der Waals surface area contributed by atoms with E-state index in [1.807, 2.05) is 0 Å². The highest BCUT2D eigenvalue weighted by atomic mass is 16.4. The molecular formula is C16H24N2O2. The summed E-state index contributed by atoms with van der Waals surface area (Å²) in [5, 5.41) is 12.6. The summed E-state index contributed by atoms with van der Waals surface area (Å²) in [6.45, 7) is 6.43. The predicted molar refractivity (Wildman–Crippen MR) is 79.9 cm³/mol. The Kier molecular flexibility index (Phi) is 5.15. The molecule has 0 bridgehead atoms. The third kappa shape index (κ3) is 3.19. The average molecular weight is 276 g/mol. The van der Waals surface area contributed by atoms with Crippen LogP contribution in [0.5, 0.6) is 0 Å². The molecule has 0 radical (unpaired) electrons. The van der Waals surface area contributed by atoms with E-state index in [9.17, 15) is 9.90 Å². The zero-order valence-electron chi connectivity index (χ0n) is 12.3. The third-order valence-corrected chi connectivity index (χ3v) is 4.13. The van der Waals surface area contributed by atoms with E-state index in [0.717, 1.165) is 25.9 Å². The molecule has 1 aromatic rings. The molecule has 2 rings (SSSR count). The van der Waals surface area contributed by atoms with Crippen molar-refractivity contribution in [3.8, 4) is 0 Å². The molecule has 1 aliphatic rings. The van der Waals surface area contributed by atoms with Crippen molar-refractivity contribution in [1.82, 2.24) is 10.2 Å². The molecule has 1 saturated heterocycles. The summed E-state index contributed by atoms with van der Waals surface area (Å²) in [6.07, 6.45) is 1.96. The second-order valence-corrected chi connectivity index (χ2v) is 5.32. The van der Waals surface area contributed by atoms with Gasteiger partial charge in [-0.1, -0.05) is 38.1 Å². The number of carboxylic acid groups (broad SMARTS) is 1. The number of nitrogens with zero attached hydrogens (tertiary/aromatic N) is 1. The summed E-state index contributed by atoms with van der Waals surface area (Å²) < 4.78 is 0. The van der Waals surface area contributed by atoms with Crippen molar-refractivity contribution in [2.75, 3.05) is 19.6 Å². The van der Waals surface area contributed by atoms with E-state index in [1.165, 1.54) is 11.1 Å². The normalized spacial score (nSPS) is 21.6. The fourth-order valence-corrected chi connectivity index (χ4v) is 2.96. The van der Waals surface area contributed by atoms with E-state index in [1.54, 1.807) is 0 Å². The molecule has 2 atom stereocenters. The fraction of sp³-hybridized carbons (Fsp3) is 0.562. The van der Waals surface area contributed by atoms with Crippen LogP contribution in [0.4, 0.5) is 0 Å². The van der Waals surface area contributed by atoms with Crippen LogP contribution in [0.3, 0.4) is 0 Å². The number of carbonyl (C=O) groups is 1. The van der Waals surface area contributed by atoms with E-state index in [0.29, 0.717) is 6.54 Å². The Morgan fingerprint density at radius 3 is 2.65 bits per heavy atom. The Labute approximate surface area is 120 Å². The lowest BCUT2D eigenvalue weighted by molar-refractivity contribution is -0.145. The highest BCUT2D eigenvalue weighted by Gasteiger charge is 2.33. The maximum absolute atomic E-state index is 11.4. The monoisotopic (exact) mass is 276 g/mol. The van der Waals surface area contributed by atoms with Gasteiger partial charge in [0, 0.05) is 25.7 Å². The summed E-state index contributed by atoms with van der Waals surface area (Å²) in [5.41, 5.74) is 2.54. The largest absolute Gasteiger partial charge is 0.480 e. The predicted octanol–water partition coefficient (Wildman–Crippen LogP) is 2.06. The molecule has 110 valence electrons. The van der Waals surface area contributed by atoms with Crippen LogP contribution < -0.4 is 5.32 Å². The molecule has 20 heavy (non-hydrogen) atoms. The Hall–Kier alpha value is -1.39. The molecule has 0 aromatic heterocycles. The van der Waals surface area contributed by atoms with Gasteiger partial charge in [-0.25, -0.2) is 0 Å². The van der Waals surface area contributed by atoms with Crippen LogP contribution in [-0.2, 0) is 11.2 Å². The van der Waals surface area contributed by atoms with Crippen molar-refractivity contribution in [3.05, 3.63) is 35.4 Å². The molecule has 1 aromatic carbocycles. The van der Waals surface area contributed by atoms with Gasteiger partial charge in [-0.2, -0.15) is 0 Å². The molecule has 0 aliphatic carbocycles. The summed E-state index contributed by atoms with van der Waals surface area (Å²) in [5.74, 6) is -0.735. The Morgan fingerprint density at radius 1 is 1.40 bits per heavy atom. The number of aryl methyl sites for hydroxylation is 1. The molecule has 0 saturated carbocycles. The van der Waals surface area contributed by atoms with Gasteiger partial charge in [0.05, 0.1) is 0 Å². The number of benzene rings is 1. The minimum atomic E-state index is -0.735. The van der Waals surface area contributed by atoms with E-state index in [-0.39, 0.29) is 6.04 Å². The minimum Gasteiger partial charge on any atom is -0.480 e. The smallest absolute Gasteiger partial charge is 0.322 e. The molecule has 4 nitrogen and oxygen atoms in total. The van der Waals surface area contributed by atoms with Crippen molar-refractivity contribution in [1.29, 1.82) is 0 Å². The molecular weight excluding hydrogens is 252 g/mol. The van der Waals surface area contributed by atoms with Crippen LogP contribution in [0.15, 0.2) is 24.3 Å². The highest BCUT2D eigenvalue weighted by Crippen LogP contribution is 2.27. The second-order valence-electron chi connectivity index (χ2n) is 5.32. The lowest BCUT2D eigenvalue weighted by Gasteiger charge is -2.39. The highest BCUT2D eigenvalue weighted by molar-refractivity contribution is 5.74. The molecule has 1 aliphatic heterocycles. The van der Waals surface area contributed by atoms with E-state index in [2.05, 4.69) is 48.3 Å². The first-order valence-electron chi connectivity index (χ1n) is 7.45. The van der Waals surface area contributed by atoms with Crippen molar-refractivity contribution in [2.45, 2.75) is 38.8 Å². The zero-order valence-corrected chi connectivity index (χ0v) is 12.3. The first-order chi connectivity index (χ1) is 9.67. The maximum atomic E-state index is 11.4. The van der Waals surface area contributed by atoms with Gasteiger partial charge in [0.25, 0.3) is 0 Å². The van der Waals surface area contributed by atoms with Gasteiger partial charge in [0.2, 0.25) is 0 Å². The summed E-state index contributed by atoms with van der Waals surface area (Å²) in [4.78, 5) is 13.6. The molecule has 0 amide bonds. The number of piperazine rings is 1. The fourth-order valence-electron chi connectivity index (χ4n) is 2.96. The SMILES string of the molecule is CCc1ccc(C(CC)N2CCNCC2C(=O)O)cc1. The molecule has 0 spiro atoms. The number of hydrogen-bond acceptors (Lipinski definition) is 3. The quantitative estimate of drug-likeness (QED) is 0.864. The van der Waals surface area contributed by atoms with Crippen molar-refractivity contribution >= 4 is 5.97 Å². The van der Waals surface area contributed by atoms with Crippen LogP contribution >= 0.6 is 0 Å². The van der Waals surface area contributed by atoms with Crippen LogP contribution in [0, 0.1) is 0 Å². The van der Waals surface area contributed by atoms with Gasteiger partial charge in [0.1, 0.15) is 6.04 Å². The van der Waals surface area contributed by atoms with Crippen molar-refractivity contribution in [2.24, 2.45) is 0 Å². The Bertz CT molecular complexity index is 444. The van der Waals surface area contributed by atoms with Gasteiger partial charge in [-0.3, -0.25) is 9.69 Å². The molecule has 1 heterocycles. The topological polar surface area (TPSA) is 52.6 Å². The summed E-state index contributed by atoms with van der Waals surface area (Å²) in [7, 11) is 0. The first kappa shape index (κ1) is 15.0. The van der Waals surface area contributed by atoms with Gasteiger partial charge in [-0.15, -0.1) is 0 Å². The minimum absolute atomic E-state index is 0.184. The summed E-state index contributed by atoms with van der Waals surface area (Å²) in [6, 6.07) is 8.34. The Morgan fingerprint density at radius 2 is 2.10 bits per heavy atom. The zero-order chi connectivity index (χ0) is 14.5. The number of nitrogens with one attached hydrogen (secondary N) is 1. The van der Waals surface area contributed by atoms with Crippen molar-refractivity contribution < 1.29 is 9.90 Å². The number of carboxylic acids is 1. The van der Waals surface area contributed by atoms with Crippen LogP contribution in [0.2, 0.25) is 0 Å². The van der Waals surface area contributed by atoms with Gasteiger partial charge >= 0.3 is 5.97 Å². The number of aliphatic carboxylic acids is 1.